The Morgan fingerprint density at radius 3 is 3.04 bits per heavy atom. The van der Waals surface area contributed by atoms with E-state index in [2.05, 4.69) is 20.3 Å². The molecule has 0 radical (unpaired) electrons. The lowest BCUT2D eigenvalue weighted by Gasteiger charge is -2.29. The SMILES string of the molecule is CC1(C)CN=C(NCCSCc2csc(N=C(N)N)n2)C([N+](=O)[O-])C1. The van der Waals surface area contributed by atoms with Gasteiger partial charge in [-0.2, -0.15) is 16.8 Å². The van der Waals surface area contributed by atoms with Gasteiger partial charge in [-0.25, -0.2) is 4.98 Å². The van der Waals surface area contributed by atoms with Crippen molar-refractivity contribution < 1.29 is 4.92 Å². The summed E-state index contributed by atoms with van der Waals surface area (Å²) in [6.07, 6.45) is 0.505. The first kappa shape index (κ1) is 19.4. The Hall–Kier alpha value is -1.88. The van der Waals surface area contributed by atoms with Crippen LogP contribution in [-0.2, 0) is 5.75 Å². The lowest BCUT2D eigenvalue weighted by atomic mass is 9.83. The molecule has 2 rings (SSSR count). The van der Waals surface area contributed by atoms with E-state index in [9.17, 15) is 10.1 Å². The summed E-state index contributed by atoms with van der Waals surface area (Å²) in [5, 5.41) is 16.8. The molecule has 25 heavy (non-hydrogen) atoms. The average Bonchev–Trinajstić information content (AvgIpc) is 2.94. The largest absolute Gasteiger partial charge is 0.370 e. The predicted octanol–water partition coefficient (Wildman–Crippen LogP) is 1.34. The first-order valence-electron chi connectivity index (χ1n) is 7.80. The van der Waals surface area contributed by atoms with E-state index in [0.717, 1.165) is 17.2 Å². The van der Waals surface area contributed by atoms with E-state index in [1.54, 1.807) is 11.8 Å². The number of nitro groups is 1. The van der Waals surface area contributed by atoms with Gasteiger partial charge in [-0.15, -0.1) is 11.3 Å². The van der Waals surface area contributed by atoms with Gasteiger partial charge in [0.25, 0.3) is 6.04 Å². The highest BCUT2D eigenvalue weighted by molar-refractivity contribution is 7.98. The van der Waals surface area contributed by atoms with Crippen LogP contribution in [0.4, 0.5) is 5.13 Å². The number of nitrogens with two attached hydrogens (primary N) is 2. The summed E-state index contributed by atoms with van der Waals surface area (Å²) in [4.78, 5) is 23.6. The van der Waals surface area contributed by atoms with E-state index in [1.807, 2.05) is 19.2 Å². The minimum Gasteiger partial charge on any atom is -0.370 e. The van der Waals surface area contributed by atoms with E-state index < -0.39 is 6.04 Å². The van der Waals surface area contributed by atoms with Crippen LogP contribution in [0.1, 0.15) is 26.0 Å². The molecule has 9 nitrogen and oxygen atoms in total. The average molecular weight is 386 g/mol. The van der Waals surface area contributed by atoms with Crippen molar-refractivity contribution in [3.8, 4) is 0 Å². The van der Waals surface area contributed by atoms with Crippen molar-refractivity contribution in [2.24, 2.45) is 26.9 Å². The van der Waals surface area contributed by atoms with Crippen LogP contribution in [0.15, 0.2) is 15.4 Å². The molecule has 138 valence electrons. The molecular weight excluding hydrogens is 362 g/mol. The molecule has 11 heteroatoms. The molecule has 1 aromatic heterocycles. The highest BCUT2D eigenvalue weighted by Gasteiger charge is 2.38. The minimum atomic E-state index is -0.741. The highest BCUT2D eigenvalue weighted by atomic mass is 32.2. The van der Waals surface area contributed by atoms with E-state index >= 15 is 0 Å². The van der Waals surface area contributed by atoms with E-state index in [4.69, 9.17) is 11.5 Å². The van der Waals surface area contributed by atoms with Crippen LogP contribution >= 0.6 is 23.1 Å². The number of nitrogens with zero attached hydrogens (tertiary/aromatic N) is 4. The van der Waals surface area contributed by atoms with Crippen molar-refractivity contribution in [2.75, 3.05) is 18.8 Å². The van der Waals surface area contributed by atoms with Gasteiger partial charge in [0.2, 0.25) is 5.13 Å². The number of nitrogens with one attached hydrogen (secondary N) is 1. The fourth-order valence-corrected chi connectivity index (χ4v) is 3.95. The van der Waals surface area contributed by atoms with Gasteiger partial charge in [0.15, 0.2) is 11.8 Å². The first-order chi connectivity index (χ1) is 11.8. The Labute approximate surface area is 154 Å². The number of guanidine groups is 1. The summed E-state index contributed by atoms with van der Waals surface area (Å²) < 4.78 is 0. The Balaban J connectivity index is 1.75. The lowest BCUT2D eigenvalue weighted by molar-refractivity contribution is -0.507. The van der Waals surface area contributed by atoms with Gasteiger partial charge in [0.1, 0.15) is 0 Å². The minimum absolute atomic E-state index is 0.00506. The third kappa shape index (κ3) is 6.16. The molecule has 1 atom stereocenters. The van der Waals surface area contributed by atoms with Crippen LogP contribution in [-0.4, -0.2) is 46.6 Å². The Morgan fingerprint density at radius 2 is 2.36 bits per heavy atom. The van der Waals surface area contributed by atoms with Crippen LogP contribution < -0.4 is 16.8 Å². The zero-order chi connectivity index (χ0) is 18.4. The van der Waals surface area contributed by atoms with Gasteiger partial charge in [0.05, 0.1) is 5.69 Å². The molecule has 1 aromatic rings. The number of amidine groups is 1. The van der Waals surface area contributed by atoms with Crippen molar-refractivity contribution in [1.82, 2.24) is 10.3 Å². The number of rotatable bonds is 7. The Kier molecular flexibility index (Phi) is 6.59. The number of hydrogen-bond donors (Lipinski definition) is 3. The number of aromatic nitrogens is 1. The molecular formula is C14H23N7O2S2. The third-order valence-electron chi connectivity index (χ3n) is 3.56. The number of aliphatic imine (C=N–C) groups is 2. The number of hydrogen-bond acceptors (Lipinski definition) is 8. The Bertz CT molecular complexity index is 668. The Morgan fingerprint density at radius 1 is 1.60 bits per heavy atom. The molecule has 0 saturated heterocycles. The van der Waals surface area contributed by atoms with Gasteiger partial charge < -0.3 is 16.8 Å². The smallest absolute Gasteiger partial charge is 0.269 e. The topological polar surface area (TPSA) is 145 Å². The standard InChI is InChI=1S/C14H23N7O2S2/c1-14(2)5-10(21(22)23)11(18-8-14)17-3-4-24-6-9-7-25-13(19-9)20-12(15)16/h7,10H,3-6,8H2,1-2H3,(H,17,18)(H4,15,16,19,20). The fraction of sp³-hybridized carbons (Fsp3) is 0.643. The summed E-state index contributed by atoms with van der Waals surface area (Å²) >= 11 is 3.07. The first-order valence-corrected chi connectivity index (χ1v) is 9.84. The summed E-state index contributed by atoms with van der Waals surface area (Å²) in [5.74, 6) is 2.02. The summed E-state index contributed by atoms with van der Waals surface area (Å²) in [6.45, 7) is 5.24. The van der Waals surface area contributed by atoms with E-state index in [1.165, 1.54) is 11.3 Å². The maximum atomic E-state index is 11.2. The monoisotopic (exact) mass is 385 g/mol. The van der Waals surface area contributed by atoms with Crippen LogP contribution in [0.25, 0.3) is 0 Å². The molecule has 0 saturated carbocycles. The van der Waals surface area contributed by atoms with Crippen molar-refractivity contribution >= 4 is 40.0 Å². The summed E-state index contributed by atoms with van der Waals surface area (Å²) in [7, 11) is 0. The highest BCUT2D eigenvalue weighted by Crippen LogP contribution is 2.28. The molecule has 5 N–H and O–H groups in total. The van der Waals surface area contributed by atoms with Crippen molar-refractivity contribution in [3.63, 3.8) is 0 Å². The van der Waals surface area contributed by atoms with Gasteiger partial charge in [-0.3, -0.25) is 15.1 Å². The molecule has 1 unspecified atom stereocenters. The molecule has 0 aromatic carbocycles. The summed E-state index contributed by atoms with van der Waals surface area (Å²) in [5.41, 5.74) is 11.4. The van der Waals surface area contributed by atoms with Gasteiger partial charge in [-0.05, 0) is 5.41 Å². The third-order valence-corrected chi connectivity index (χ3v) is 5.34. The second-order valence-electron chi connectivity index (χ2n) is 6.51. The van der Waals surface area contributed by atoms with Gasteiger partial charge in [-0.1, -0.05) is 13.8 Å². The van der Waals surface area contributed by atoms with Crippen LogP contribution in [0.5, 0.6) is 0 Å². The van der Waals surface area contributed by atoms with Crippen molar-refractivity contribution in [3.05, 3.63) is 21.2 Å². The van der Waals surface area contributed by atoms with Crippen LogP contribution in [0.2, 0.25) is 0 Å². The van der Waals surface area contributed by atoms with Crippen LogP contribution in [0, 0.1) is 15.5 Å². The molecule has 0 amide bonds. The zero-order valence-corrected chi connectivity index (χ0v) is 15.9. The maximum absolute atomic E-state index is 11.2. The quantitative estimate of drug-likeness (QED) is 0.211. The second kappa shape index (κ2) is 8.48. The van der Waals surface area contributed by atoms with Crippen molar-refractivity contribution in [2.45, 2.75) is 32.1 Å². The van der Waals surface area contributed by atoms with E-state index in [-0.39, 0.29) is 16.3 Å². The summed E-state index contributed by atoms with van der Waals surface area (Å²) in [6, 6.07) is -0.741. The molecule has 2 heterocycles. The fourth-order valence-electron chi connectivity index (χ4n) is 2.39. The molecule has 0 fully saturated rings. The molecule has 0 bridgehead atoms. The zero-order valence-electron chi connectivity index (χ0n) is 14.3. The van der Waals surface area contributed by atoms with E-state index in [0.29, 0.717) is 30.5 Å². The van der Waals surface area contributed by atoms with Crippen molar-refractivity contribution in [1.29, 1.82) is 0 Å². The lowest BCUT2D eigenvalue weighted by Crippen LogP contribution is -2.47. The normalized spacial score (nSPS) is 19.1. The van der Waals surface area contributed by atoms with Crippen LogP contribution in [0.3, 0.4) is 0 Å². The predicted molar refractivity (Wildman–Crippen MR) is 103 cm³/mol. The molecule has 0 spiro atoms. The number of thioether (sulfide) groups is 1. The maximum Gasteiger partial charge on any atom is 0.269 e. The molecule has 1 aliphatic rings. The second-order valence-corrected chi connectivity index (χ2v) is 8.45. The molecule has 1 aliphatic heterocycles. The van der Waals surface area contributed by atoms with Gasteiger partial charge >= 0.3 is 0 Å². The number of thiazole rings is 1. The van der Waals surface area contributed by atoms with Gasteiger partial charge in [0, 0.05) is 41.3 Å². The molecule has 0 aliphatic carbocycles.